The van der Waals surface area contributed by atoms with Gasteiger partial charge in [-0.2, -0.15) is 0 Å². The molecular weight excluding hydrogens is 308 g/mol. The van der Waals surface area contributed by atoms with Gasteiger partial charge in [-0.3, -0.25) is 0 Å². The van der Waals surface area contributed by atoms with Crippen LogP contribution in [0.15, 0.2) is 23.1 Å². The van der Waals surface area contributed by atoms with Crippen LogP contribution in [0.1, 0.15) is 39.7 Å². The van der Waals surface area contributed by atoms with E-state index in [0.29, 0.717) is 17.6 Å². The Kier molecular flexibility index (Phi) is 4.69. The van der Waals surface area contributed by atoms with Crippen LogP contribution in [0.4, 0.5) is 0 Å². The Morgan fingerprint density at radius 2 is 2.00 bits per heavy atom. The lowest BCUT2D eigenvalue weighted by atomic mass is 10.2. The monoisotopic (exact) mass is 330 g/mol. The highest BCUT2D eigenvalue weighted by molar-refractivity contribution is 7.89. The lowest BCUT2D eigenvalue weighted by Gasteiger charge is -2.12. The minimum atomic E-state index is -3.49. The van der Waals surface area contributed by atoms with Gasteiger partial charge in [0, 0.05) is 23.7 Å². The molecule has 0 aliphatic heterocycles. The average Bonchev–Trinajstić information content (AvgIpc) is 2.93. The van der Waals surface area contributed by atoms with Crippen molar-refractivity contribution < 1.29 is 8.42 Å². The van der Waals surface area contributed by atoms with Gasteiger partial charge in [-0.15, -0.1) is 0 Å². The third kappa shape index (κ3) is 4.19. The zero-order valence-corrected chi connectivity index (χ0v) is 14.5. The number of hydrogen-bond acceptors (Lipinski definition) is 3. The Labute approximate surface area is 132 Å². The van der Waals surface area contributed by atoms with Crippen molar-refractivity contribution >= 4 is 21.6 Å². The highest BCUT2D eigenvalue weighted by Crippen LogP contribution is 2.45. The topological polar surface area (TPSA) is 58.2 Å². The van der Waals surface area contributed by atoms with Gasteiger partial charge < -0.3 is 5.32 Å². The van der Waals surface area contributed by atoms with Gasteiger partial charge in [0.2, 0.25) is 10.0 Å². The minimum absolute atomic E-state index is 0.0172. The summed E-state index contributed by atoms with van der Waals surface area (Å²) < 4.78 is 27.4. The van der Waals surface area contributed by atoms with E-state index >= 15 is 0 Å². The van der Waals surface area contributed by atoms with Crippen molar-refractivity contribution in [2.45, 2.75) is 57.6 Å². The molecule has 1 saturated carbocycles. The van der Waals surface area contributed by atoms with Crippen LogP contribution < -0.4 is 10.0 Å². The Morgan fingerprint density at radius 1 is 1.38 bits per heavy atom. The molecule has 0 bridgehead atoms. The van der Waals surface area contributed by atoms with Crippen LogP contribution in [0.5, 0.6) is 0 Å². The Morgan fingerprint density at radius 3 is 2.48 bits per heavy atom. The molecule has 4 nitrogen and oxygen atoms in total. The predicted molar refractivity (Wildman–Crippen MR) is 85.9 cm³/mol. The van der Waals surface area contributed by atoms with Crippen LogP contribution in [0.3, 0.4) is 0 Å². The van der Waals surface area contributed by atoms with E-state index in [1.807, 2.05) is 27.7 Å². The Balaban J connectivity index is 2.12. The highest BCUT2D eigenvalue weighted by atomic mass is 35.5. The largest absolute Gasteiger partial charge is 0.310 e. The summed E-state index contributed by atoms with van der Waals surface area (Å²) in [7, 11) is -3.49. The molecule has 2 rings (SSSR count). The second-order valence-electron chi connectivity index (χ2n) is 6.66. The molecule has 2 N–H and O–H groups in total. The quantitative estimate of drug-likeness (QED) is 0.843. The maximum absolute atomic E-state index is 12.3. The maximum atomic E-state index is 12.3. The fraction of sp³-hybridized carbons (Fsp3) is 0.600. The van der Waals surface area contributed by atoms with Crippen molar-refractivity contribution in [3.63, 3.8) is 0 Å². The number of rotatable bonds is 6. The summed E-state index contributed by atoms with van der Waals surface area (Å²) in [5, 5.41) is 3.74. The maximum Gasteiger partial charge on any atom is 0.240 e. The third-order valence-electron chi connectivity index (χ3n) is 3.85. The van der Waals surface area contributed by atoms with Crippen LogP contribution >= 0.6 is 11.6 Å². The van der Waals surface area contributed by atoms with E-state index in [0.717, 1.165) is 12.0 Å². The molecule has 0 aromatic heterocycles. The highest BCUT2D eigenvalue weighted by Gasteiger charge is 2.47. The molecule has 0 heterocycles. The number of benzene rings is 1. The molecule has 0 saturated heterocycles. The number of nitrogens with one attached hydrogen (secondary N) is 2. The SMILES string of the molecule is CC(C)NCc1ccc(S(=O)(=O)NC2CC2(C)C)cc1Cl. The summed E-state index contributed by atoms with van der Waals surface area (Å²) in [6.07, 6.45) is 0.871. The lowest BCUT2D eigenvalue weighted by Crippen LogP contribution is -2.28. The van der Waals surface area contributed by atoms with E-state index in [4.69, 9.17) is 11.6 Å². The van der Waals surface area contributed by atoms with Crippen molar-refractivity contribution in [1.82, 2.24) is 10.0 Å². The van der Waals surface area contributed by atoms with Crippen molar-refractivity contribution in [3.05, 3.63) is 28.8 Å². The molecule has 1 atom stereocenters. The molecule has 1 aliphatic rings. The molecule has 1 aromatic rings. The Hall–Kier alpha value is -0.620. The fourth-order valence-electron chi connectivity index (χ4n) is 2.08. The summed E-state index contributed by atoms with van der Waals surface area (Å²) in [6.45, 7) is 8.82. The normalized spacial score (nSPS) is 20.8. The van der Waals surface area contributed by atoms with Crippen LogP contribution in [0, 0.1) is 5.41 Å². The summed E-state index contributed by atoms with van der Waals surface area (Å²) in [5.41, 5.74) is 0.953. The first-order chi connectivity index (χ1) is 9.62. The van der Waals surface area contributed by atoms with Gasteiger partial charge in [0.15, 0.2) is 0 Å². The van der Waals surface area contributed by atoms with Crippen molar-refractivity contribution in [2.24, 2.45) is 5.41 Å². The lowest BCUT2D eigenvalue weighted by molar-refractivity contribution is 0.554. The van der Waals surface area contributed by atoms with E-state index in [1.54, 1.807) is 12.1 Å². The van der Waals surface area contributed by atoms with Gasteiger partial charge in [-0.1, -0.05) is 45.4 Å². The third-order valence-corrected chi connectivity index (χ3v) is 5.67. The molecule has 1 aromatic carbocycles. The number of hydrogen-bond donors (Lipinski definition) is 2. The van der Waals surface area contributed by atoms with E-state index in [1.165, 1.54) is 6.07 Å². The van der Waals surface area contributed by atoms with Crippen molar-refractivity contribution in [3.8, 4) is 0 Å². The molecule has 6 heteroatoms. The molecule has 21 heavy (non-hydrogen) atoms. The van der Waals surface area contributed by atoms with Gasteiger partial charge in [-0.25, -0.2) is 13.1 Å². The van der Waals surface area contributed by atoms with E-state index in [2.05, 4.69) is 10.0 Å². The molecule has 1 unspecified atom stereocenters. The first-order valence-electron chi connectivity index (χ1n) is 7.16. The molecule has 0 amide bonds. The predicted octanol–water partition coefficient (Wildman–Crippen LogP) is 2.91. The van der Waals surface area contributed by atoms with Crippen LogP contribution in [0.25, 0.3) is 0 Å². The smallest absolute Gasteiger partial charge is 0.240 e. The summed E-state index contributed by atoms with van der Waals surface area (Å²) in [4.78, 5) is 0.225. The van der Waals surface area contributed by atoms with E-state index in [9.17, 15) is 8.42 Å². The van der Waals surface area contributed by atoms with Crippen molar-refractivity contribution in [1.29, 1.82) is 0 Å². The summed E-state index contributed by atoms with van der Waals surface area (Å²) in [5.74, 6) is 0. The first-order valence-corrected chi connectivity index (χ1v) is 9.02. The van der Waals surface area contributed by atoms with Gasteiger partial charge in [-0.05, 0) is 29.5 Å². The molecular formula is C15H23ClN2O2S. The molecule has 1 aliphatic carbocycles. The van der Waals surface area contributed by atoms with Gasteiger partial charge in [0.25, 0.3) is 0 Å². The van der Waals surface area contributed by atoms with Crippen LogP contribution in [-0.2, 0) is 16.6 Å². The van der Waals surface area contributed by atoms with Crippen molar-refractivity contribution in [2.75, 3.05) is 0 Å². The standard InChI is InChI=1S/C15H23ClN2O2S/c1-10(2)17-9-11-5-6-12(7-13(11)16)21(19,20)18-14-8-15(14,3)4/h5-7,10,14,17-18H,8-9H2,1-4H3. The molecule has 0 radical (unpaired) electrons. The van der Waals surface area contributed by atoms with Gasteiger partial charge in [0.05, 0.1) is 4.90 Å². The molecule has 118 valence electrons. The first kappa shape index (κ1) is 16.7. The zero-order chi connectivity index (χ0) is 15.8. The van der Waals surface area contributed by atoms with Crippen LogP contribution in [-0.4, -0.2) is 20.5 Å². The summed E-state index contributed by atoms with van der Waals surface area (Å²) in [6, 6.07) is 5.27. The van der Waals surface area contributed by atoms with Gasteiger partial charge in [0.1, 0.15) is 0 Å². The van der Waals surface area contributed by atoms with Gasteiger partial charge >= 0.3 is 0 Å². The second-order valence-corrected chi connectivity index (χ2v) is 8.78. The number of halogens is 1. The van der Waals surface area contributed by atoms with E-state index in [-0.39, 0.29) is 16.4 Å². The van der Waals surface area contributed by atoms with E-state index < -0.39 is 10.0 Å². The van der Waals surface area contributed by atoms with Crippen LogP contribution in [0.2, 0.25) is 5.02 Å². The summed E-state index contributed by atoms with van der Waals surface area (Å²) >= 11 is 6.19. The average molecular weight is 331 g/mol. The molecule has 1 fully saturated rings. The molecule has 0 spiro atoms. The zero-order valence-electron chi connectivity index (χ0n) is 12.9. The fourth-order valence-corrected chi connectivity index (χ4v) is 3.82. The minimum Gasteiger partial charge on any atom is -0.310 e. The Bertz CT molecular complexity index is 627. The second kappa shape index (κ2) is 5.88. The number of sulfonamides is 1.